The van der Waals surface area contributed by atoms with Crippen LogP contribution in [0.3, 0.4) is 0 Å². The lowest BCUT2D eigenvalue weighted by Crippen LogP contribution is -2.45. The fourth-order valence-electron chi connectivity index (χ4n) is 4.33. The zero-order chi connectivity index (χ0) is 13.8. The fraction of sp³-hybridized carbons (Fsp3) is 0.667. The van der Waals surface area contributed by atoms with Gasteiger partial charge in [-0.1, -0.05) is 20.8 Å². The first-order chi connectivity index (χ1) is 8.83. The van der Waals surface area contributed by atoms with Gasteiger partial charge in [-0.15, -0.1) is 0 Å². The molecule has 0 spiro atoms. The van der Waals surface area contributed by atoms with Crippen molar-refractivity contribution < 1.29 is 14.3 Å². The lowest BCUT2D eigenvalue weighted by molar-refractivity contribution is 0.0663. The minimum absolute atomic E-state index is 0.00591. The van der Waals surface area contributed by atoms with E-state index in [0.29, 0.717) is 17.3 Å². The van der Waals surface area contributed by atoms with Crippen molar-refractivity contribution in [1.82, 2.24) is 0 Å². The molecule has 1 aromatic rings. The zero-order valence-electron chi connectivity index (χ0n) is 11.7. The molecule has 1 heterocycles. The van der Waals surface area contributed by atoms with Crippen molar-refractivity contribution in [2.45, 2.75) is 46.1 Å². The monoisotopic (exact) mass is 263 g/mol. The molecule has 2 N–H and O–H groups in total. The number of carbonyl (C=O) groups is 1. The first-order valence-electron chi connectivity index (χ1n) is 6.92. The first-order valence-corrected chi connectivity index (χ1v) is 6.92. The second kappa shape index (κ2) is 3.78. The summed E-state index contributed by atoms with van der Waals surface area (Å²) in [5.74, 6) is 0.299. The molecule has 4 heteroatoms. The molecule has 0 aliphatic heterocycles. The molecule has 104 valence electrons. The molecular formula is C15H21NO3. The van der Waals surface area contributed by atoms with Crippen LogP contribution in [-0.4, -0.2) is 17.1 Å². The topological polar surface area (TPSA) is 62.5 Å². The van der Waals surface area contributed by atoms with Crippen LogP contribution in [0.4, 0.5) is 5.88 Å². The first kappa shape index (κ1) is 12.6. The Labute approximate surface area is 113 Å². The molecule has 2 saturated carbocycles. The maximum atomic E-state index is 10.8. The maximum Gasteiger partial charge on any atom is 0.371 e. The molecule has 3 unspecified atom stereocenters. The predicted octanol–water partition coefficient (Wildman–Crippen LogP) is 3.60. The molecule has 19 heavy (non-hydrogen) atoms. The summed E-state index contributed by atoms with van der Waals surface area (Å²) in [6, 6.07) is 3.56. The standard InChI is InChI=1S/C15H21NO3/c1-14(2)9-6-7-15(3,8-9)13(14)16-11-5-4-10(19-11)12(17)18/h4-5,9,13,16H,6-8H2,1-3H3,(H,17,18). The van der Waals surface area contributed by atoms with E-state index in [-0.39, 0.29) is 11.2 Å². The number of furan rings is 1. The van der Waals surface area contributed by atoms with Gasteiger partial charge >= 0.3 is 5.97 Å². The van der Waals surface area contributed by atoms with Crippen molar-refractivity contribution in [3.05, 3.63) is 17.9 Å². The third kappa shape index (κ3) is 1.77. The number of nitrogens with one attached hydrogen (secondary N) is 1. The quantitative estimate of drug-likeness (QED) is 0.874. The van der Waals surface area contributed by atoms with Gasteiger partial charge in [-0.05, 0) is 42.1 Å². The zero-order valence-corrected chi connectivity index (χ0v) is 11.7. The van der Waals surface area contributed by atoms with Gasteiger partial charge in [0.25, 0.3) is 0 Å². The second-order valence-corrected chi connectivity index (χ2v) is 6.96. The highest BCUT2D eigenvalue weighted by Crippen LogP contribution is 2.63. The Balaban J connectivity index is 1.84. The van der Waals surface area contributed by atoms with Crippen LogP contribution in [0, 0.1) is 16.7 Å². The lowest BCUT2D eigenvalue weighted by Gasteiger charge is -2.43. The third-order valence-corrected chi connectivity index (χ3v) is 5.37. The van der Waals surface area contributed by atoms with Crippen LogP contribution in [0.2, 0.25) is 0 Å². The normalized spacial score (nSPS) is 35.5. The average Bonchev–Trinajstić information content (AvgIpc) is 2.95. The number of carboxylic acid groups (broad SMARTS) is 1. The van der Waals surface area contributed by atoms with E-state index in [2.05, 4.69) is 26.1 Å². The van der Waals surface area contributed by atoms with E-state index < -0.39 is 5.97 Å². The van der Waals surface area contributed by atoms with Crippen molar-refractivity contribution in [1.29, 1.82) is 0 Å². The van der Waals surface area contributed by atoms with Gasteiger partial charge in [-0.2, -0.15) is 0 Å². The van der Waals surface area contributed by atoms with Crippen LogP contribution in [0.1, 0.15) is 50.6 Å². The van der Waals surface area contributed by atoms with Gasteiger partial charge in [0.15, 0.2) is 5.88 Å². The van der Waals surface area contributed by atoms with Crippen molar-refractivity contribution >= 4 is 11.9 Å². The van der Waals surface area contributed by atoms with Gasteiger partial charge in [0.2, 0.25) is 5.76 Å². The predicted molar refractivity (Wildman–Crippen MR) is 72.3 cm³/mol. The van der Waals surface area contributed by atoms with Crippen LogP contribution in [0.25, 0.3) is 0 Å². The Hall–Kier alpha value is -1.45. The number of aromatic carboxylic acids is 1. The van der Waals surface area contributed by atoms with Crippen molar-refractivity contribution in [2.24, 2.45) is 16.7 Å². The van der Waals surface area contributed by atoms with E-state index >= 15 is 0 Å². The van der Waals surface area contributed by atoms with E-state index in [4.69, 9.17) is 9.52 Å². The highest BCUT2D eigenvalue weighted by atomic mass is 16.4. The van der Waals surface area contributed by atoms with Crippen molar-refractivity contribution in [2.75, 3.05) is 5.32 Å². The lowest BCUT2D eigenvalue weighted by atomic mass is 9.68. The Morgan fingerprint density at radius 2 is 2.16 bits per heavy atom. The van der Waals surface area contributed by atoms with E-state index in [0.717, 1.165) is 5.92 Å². The highest BCUT2D eigenvalue weighted by Gasteiger charge is 2.59. The summed E-state index contributed by atoms with van der Waals surface area (Å²) in [5, 5.41) is 12.3. The molecule has 4 nitrogen and oxygen atoms in total. The average molecular weight is 263 g/mol. The summed E-state index contributed by atoms with van der Waals surface area (Å²) in [6.45, 7) is 6.95. The molecule has 0 radical (unpaired) electrons. The van der Waals surface area contributed by atoms with Crippen molar-refractivity contribution in [3.8, 4) is 0 Å². The molecule has 2 fully saturated rings. The maximum absolute atomic E-state index is 10.8. The SMILES string of the molecule is CC12CCC(C1)C(C)(C)C2Nc1ccc(C(=O)O)o1. The van der Waals surface area contributed by atoms with E-state index in [1.54, 1.807) is 6.07 Å². The van der Waals surface area contributed by atoms with Crippen molar-refractivity contribution in [3.63, 3.8) is 0 Å². The number of rotatable bonds is 3. The minimum atomic E-state index is -1.02. The summed E-state index contributed by atoms with van der Waals surface area (Å²) in [7, 11) is 0. The molecule has 1 aromatic heterocycles. The van der Waals surface area contributed by atoms with Crippen LogP contribution in [0.15, 0.2) is 16.5 Å². The van der Waals surface area contributed by atoms with Gasteiger partial charge < -0.3 is 14.8 Å². The Bertz CT molecular complexity index is 514. The molecule has 2 aliphatic rings. The molecular weight excluding hydrogens is 242 g/mol. The fourth-order valence-corrected chi connectivity index (χ4v) is 4.33. The largest absolute Gasteiger partial charge is 0.475 e. The second-order valence-electron chi connectivity index (χ2n) is 6.96. The molecule has 0 amide bonds. The van der Waals surface area contributed by atoms with Gasteiger partial charge in [0, 0.05) is 12.1 Å². The summed E-state index contributed by atoms with van der Waals surface area (Å²) < 4.78 is 5.34. The van der Waals surface area contributed by atoms with E-state index in [9.17, 15) is 4.79 Å². The van der Waals surface area contributed by atoms with Crippen LogP contribution in [0.5, 0.6) is 0 Å². The summed E-state index contributed by atoms with van der Waals surface area (Å²) in [4.78, 5) is 10.8. The van der Waals surface area contributed by atoms with Crippen LogP contribution >= 0.6 is 0 Å². The molecule has 3 atom stereocenters. The number of anilines is 1. The Morgan fingerprint density at radius 1 is 1.42 bits per heavy atom. The number of hydrogen-bond acceptors (Lipinski definition) is 3. The molecule has 0 saturated heterocycles. The summed E-state index contributed by atoms with van der Waals surface area (Å²) in [6.07, 6.45) is 3.80. The van der Waals surface area contributed by atoms with Gasteiger partial charge in [0.1, 0.15) is 0 Å². The summed E-state index contributed by atoms with van der Waals surface area (Å²) >= 11 is 0. The van der Waals surface area contributed by atoms with Gasteiger partial charge in [-0.3, -0.25) is 0 Å². The molecule has 3 rings (SSSR count). The van der Waals surface area contributed by atoms with E-state index in [1.807, 2.05) is 0 Å². The van der Waals surface area contributed by atoms with Gasteiger partial charge in [-0.25, -0.2) is 4.79 Å². The Kier molecular flexibility index (Phi) is 2.50. The van der Waals surface area contributed by atoms with Gasteiger partial charge in [0.05, 0.1) is 0 Å². The number of hydrogen-bond donors (Lipinski definition) is 2. The number of fused-ring (bicyclic) bond motifs is 2. The molecule has 2 aliphatic carbocycles. The van der Waals surface area contributed by atoms with Crippen LogP contribution < -0.4 is 5.32 Å². The summed E-state index contributed by atoms with van der Waals surface area (Å²) in [5.41, 5.74) is 0.521. The number of carboxylic acids is 1. The third-order valence-electron chi connectivity index (χ3n) is 5.37. The van der Waals surface area contributed by atoms with E-state index in [1.165, 1.54) is 25.3 Å². The molecule has 0 aromatic carbocycles. The highest BCUT2D eigenvalue weighted by molar-refractivity contribution is 5.84. The molecule has 2 bridgehead atoms. The Morgan fingerprint density at radius 3 is 2.68 bits per heavy atom. The minimum Gasteiger partial charge on any atom is -0.475 e. The van der Waals surface area contributed by atoms with Crippen LogP contribution in [-0.2, 0) is 0 Å². The smallest absolute Gasteiger partial charge is 0.371 e.